The number of nitrogen functional groups attached to an aromatic ring is 1. The van der Waals surface area contributed by atoms with Gasteiger partial charge in [0.15, 0.2) is 17.5 Å². The lowest BCUT2D eigenvalue weighted by atomic mass is 9.97. The van der Waals surface area contributed by atoms with E-state index in [4.69, 9.17) is 22.1 Å². The molecule has 1 unspecified atom stereocenters. The Balaban J connectivity index is 2.15. The Morgan fingerprint density at radius 2 is 1.82 bits per heavy atom. The summed E-state index contributed by atoms with van der Waals surface area (Å²) in [6.07, 6.45) is -4.80. The van der Waals surface area contributed by atoms with Crippen molar-refractivity contribution >= 4 is 34.0 Å². The second-order valence-corrected chi connectivity index (χ2v) is 9.92. The first-order valence-corrected chi connectivity index (χ1v) is 12.7. The van der Waals surface area contributed by atoms with Gasteiger partial charge in [-0.2, -0.15) is 23.1 Å². The van der Waals surface area contributed by atoms with Crippen LogP contribution in [0.4, 0.5) is 37.8 Å². The van der Waals surface area contributed by atoms with Gasteiger partial charge in [0.25, 0.3) is 0 Å². The van der Waals surface area contributed by atoms with Crippen molar-refractivity contribution in [1.82, 2.24) is 20.3 Å². The Hall–Kier alpha value is -3.06. The van der Waals surface area contributed by atoms with Crippen LogP contribution in [0.2, 0.25) is 5.02 Å². The highest BCUT2D eigenvalue weighted by Gasteiger charge is 2.43. The van der Waals surface area contributed by atoms with Crippen molar-refractivity contribution in [3.8, 4) is 17.3 Å². The lowest BCUT2D eigenvalue weighted by Crippen LogP contribution is -2.54. The molecular weight excluding hydrogens is 550 g/mol. The molecule has 3 heterocycles. The number of alkyl halides is 3. The van der Waals surface area contributed by atoms with Crippen molar-refractivity contribution in [3.05, 3.63) is 33.7 Å². The van der Waals surface area contributed by atoms with Crippen LogP contribution in [-0.2, 0) is 12.6 Å². The van der Waals surface area contributed by atoms with Crippen LogP contribution in [0.1, 0.15) is 38.4 Å². The maximum Gasteiger partial charge on any atom is 0.420 e. The summed E-state index contributed by atoms with van der Waals surface area (Å²) >= 11 is 6.02. The topological polar surface area (TPSA) is 89.2 Å². The molecule has 0 aliphatic carbocycles. The number of fused-ring (bicyclic) bond motifs is 1. The van der Waals surface area contributed by atoms with Gasteiger partial charge in [0.2, 0.25) is 0 Å². The molecule has 1 aromatic carbocycles. The quantitative estimate of drug-likeness (QED) is 0.219. The van der Waals surface area contributed by atoms with E-state index in [1.807, 2.05) is 18.7 Å². The number of ether oxygens (including phenoxy) is 1. The van der Waals surface area contributed by atoms with Crippen LogP contribution >= 0.6 is 11.6 Å². The first-order valence-electron chi connectivity index (χ1n) is 12.3. The molecule has 39 heavy (non-hydrogen) atoms. The highest BCUT2D eigenvalue weighted by Crippen LogP contribution is 2.47. The molecule has 0 amide bonds. The Labute approximate surface area is 225 Å². The second-order valence-electron chi connectivity index (χ2n) is 9.54. The summed E-state index contributed by atoms with van der Waals surface area (Å²) < 4.78 is 92.5. The summed E-state index contributed by atoms with van der Waals surface area (Å²) in [5, 5.41) is 2.48. The number of hydrogen-bond acceptors (Lipinski definition) is 7. The van der Waals surface area contributed by atoms with Gasteiger partial charge in [0.05, 0.1) is 28.9 Å². The summed E-state index contributed by atoms with van der Waals surface area (Å²) in [4.78, 5) is 14.8. The first-order chi connectivity index (χ1) is 18.3. The standard InChI is InChI=1S/C25H27ClF6N6O/c1-5-6-11-13-21(36-24(39-4)37-23(13)38-8-7-34-9-12(38)10(2)3)19(29)22(35-11)14-15(25(30,31)32)17(27)18(28)20(33)16(14)26/h10,12,34H,5-9,33H2,1-4H3. The minimum Gasteiger partial charge on any atom is -0.467 e. The van der Waals surface area contributed by atoms with Gasteiger partial charge in [-0.15, -0.1) is 0 Å². The van der Waals surface area contributed by atoms with Crippen LogP contribution in [0, 0.1) is 23.4 Å². The number of nitrogens with two attached hydrogens (primary N) is 1. The molecule has 0 spiro atoms. The zero-order valence-corrected chi connectivity index (χ0v) is 22.4. The van der Waals surface area contributed by atoms with E-state index in [0.717, 1.165) is 0 Å². The van der Waals surface area contributed by atoms with Crippen LogP contribution in [0.5, 0.6) is 6.01 Å². The molecule has 1 fully saturated rings. The number of nitrogens with one attached hydrogen (secondary N) is 1. The van der Waals surface area contributed by atoms with E-state index in [-0.39, 0.29) is 41.0 Å². The van der Waals surface area contributed by atoms with Gasteiger partial charge in [-0.05, 0) is 12.3 Å². The molecule has 2 aromatic heterocycles. The smallest absolute Gasteiger partial charge is 0.420 e. The highest BCUT2D eigenvalue weighted by molar-refractivity contribution is 6.36. The number of hydrogen-bond donors (Lipinski definition) is 2. The minimum absolute atomic E-state index is 0.0592. The molecule has 3 N–H and O–H groups in total. The van der Waals surface area contributed by atoms with Gasteiger partial charge < -0.3 is 20.7 Å². The van der Waals surface area contributed by atoms with Crippen molar-refractivity contribution in [2.45, 2.75) is 45.8 Å². The molecule has 14 heteroatoms. The molecule has 7 nitrogen and oxygen atoms in total. The summed E-state index contributed by atoms with van der Waals surface area (Å²) in [7, 11) is 1.27. The average molecular weight is 577 g/mol. The monoisotopic (exact) mass is 576 g/mol. The van der Waals surface area contributed by atoms with E-state index in [1.54, 1.807) is 6.92 Å². The maximum absolute atomic E-state index is 16.3. The molecule has 1 atom stereocenters. The van der Waals surface area contributed by atoms with Gasteiger partial charge >= 0.3 is 12.2 Å². The molecule has 1 saturated heterocycles. The zero-order chi connectivity index (χ0) is 28.8. The van der Waals surface area contributed by atoms with E-state index in [2.05, 4.69) is 20.3 Å². The fourth-order valence-corrected chi connectivity index (χ4v) is 5.11. The van der Waals surface area contributed by atoms with E-state index in [1.165, 1.54) is 7.11 Å². The summed E-state index contributed by atoms with van der Waals surface area (Å²) in [5.74, 6) is -5.17. The number of piperazine rings is 1. The second kappa shape index (κ2) is 10.8. The van der Waals surface area contributed by atoms with E-state index in [9.17, 15) is 22.0 Å². The van der Waals surface area contributed by atoms with Crippen molar-refractivity contribution in [2.24, 2.45) is 5.92 Å². The molecule has 212 valence electrons. The fraction of sp³-hybridized carbons (Fsp3) is 0.480. The summed E-state index contributed by atoms with van der Waals surface area (Å²) in [5.41, 5.74) is -0.129. The zero-order valence-electron chi connectivity index (χ0n) is 21.6. The Bertz CT molecular complexity index is 1420. The lowest BCUT2D eigenvalue weighted by Gasteiger charge is -2.40. The number of aryl methyl sites for hydroxylation is 1. The van der Waals surface area contributed by atoms with Crippen molar-refractivity contribution in [2.75, 3.05) is 37.4 Å². The van der Waals surface area contributed by atoms with Gasteiger partial charge in [0, 0.05) is 31.2 Å². The third kappa shape index (κ3) is 5.02. The number of nitrogens with zero attached hydrogens (tertiary/aromatic N) is 4. The number of anilines is 2. The van der Waals surface area contributed by atoms with Crippen molar-refractivity contribution < 1.29 is 31.1 Å². The third-order valence-corrected chi connectivity index (χ3v) is 7.08. The van der Waals surface area contributed by atoms with Crippen LogP contribution in [0.25, 0.3) is 22.2 Å². The van der Waals surface area contributed by atoms with Crippen LogP contribution < -0.4 is 20.7 Å². The number of benzene rings is 1. The maximum atomic E-state index is 16.3. The summed E-state index contributed by atoms with van der Waals surface area (Å²) in [6.45, 7) is 7.55. The highest BCUT2D eigenvalue weighted by atomic mass is 35.5. The summed E-state index contributed by atoms with van der Waals surface area (Å²) in [6, 6.07) is -0.292. The van der Waals surface area contributed by atoms with E-state index < -0.39 is 51.2 Å². The Kier molecular flexibility index (Phi) is 8.04. The molecular formula is C25H27ClF6N6O. The predicted molar refractivity (Wildman–Crippen MR) is 136 cm³/mol. The van der Waals surface area contributed by atoms with Gasteiger partial charge in [0.1, 0.15) is 22.6 Å². The number of rotatable bonds is 6. The van der Waals surface area contributed by atoms with Gasteiger partial charge in [-0.1, -0.05) is 38.8 Å². The van der Waals surface area contributed by atoms with E-state index in [0.29, 0.717) is 31.9 Å². The minimum atomic E-state index is -5.45. The third-order valence-electron chi connectivity index (χ3n) is 6.69. The average Bonchev–Trinajstić information content (AvgIpc) is 2.89. The van der Waals surface area contributed by atoms with Crippen molar-refractivity contribution in [3.63, 3.8) is 0 Å². The first kappa shape index (κ1) is 28.9. The van der Waals surface area contributed by atoms with Gasteiger partial charge in [-0.3, -0.25) is 0 Å². The molecule has 0 bridgehead atoms. The Morgan fingerprint density at radius 3 is 2.41 bits per heavy atom. The van der Waals surface area contributed by atoms with Gasteiger partial charge in [-0.25, -0.2) is 18.2 Å². The number of methoxy groups -OCH3 is 1. The SMILES string of the molecule is CCCc1nc(-c2c(Cl)c(N)c(F)c(F)c2C(F)(F)F)c(F)c2nc(OC)nc(N3CCNCC3C(C)C)c12. The largest absolute Gasteiger partial charge is 0.467 e. The van der Waals surface area contributed by atoms with Crippen LogP contribution in [0.15, 0.2) is 0 Å². The predicted octanol–water partition coefficient (Wildman–Crippen LogP) is 5.76. The fourth-order valence-electron chi connectivity index (χ4n) is 4.84. The Morgan fingerprint density at radius 1 is 1.13 bits per heavy atom. The molecule has 1 aliphatic heterocycles. The van der Waals surface area contributed by atoms with Crippen LogP contribution in [-0.4, -0.2) is 47.7 Å². The normalized spacial score (nSPS) is 16.4. The molecule has 1 aliphatic rings. The van der Waals surface area contributed by atoms with Crippen LogP contribution in [0.3, 0.4) is 0 Å². The molecule has 0 saturated carbocycles. The number of pyridine rings is 1. The van der Waals surface area contributed by atoms with Crippen molar-refractivity contribution in [1.29, 1.82) is 0 Å². The van der Waals surface area contributed by atoms with E-state index >= 15 is 4.39 Å². The molecule has 3 aromatic rings. The number of halogens is 7. The number of aromatic nitrogens is 3. The molecule has 4 rings (SSSR count). The molecule has 0 radical (unpaired) electrons. The lowest BCUT2D eigenvalue weighted by molar-refractivity contribution is -0.139.